The fourth-order valence-corrected chi connectivity index (χ4v) is 2.40. The molecule has 0 aromatic heterocycles. The molecule has 1 saturated heterocycles. The zero-order chi connectivity index (χ0) is 13.8. The summed E-state index contributed by atoms with van der Waals surface area (Å²) < 4.78 is 0. The average molecular weight is 261 g/mol. The largest absolute Gasteiger partial charge is 0.338 e. The molecule has 1 aromatic rings. The SMILES string of the molecule is CCN1CCN(C(=O)C(N)c2ccc(C)cc2)CC1. The van der Waals surface area contributed by atoms with E-state index in [1.807, 2.05) is 36.1 Å². The Bertz CT molecular complexity index is 422. The summed E-state index contributed by atoms with van der Waals surface area (Å²) in [6.45, 7) is 8.69. The molecule has 4 nitrogen and oxygen atoms in total. The Labute approximate surface area is 115 Å². The minimum atomic E-state index is -0.534. The number of hydrogen-bond acceptors (Lipinski definition) is 3. The lowest BCUT2D eigenvalue weighted by Gasteiger charge is -2.35. The summed E-state index contributed by atoms with van der Waals surface area (Å²) in [5.74, 6) is 0.0413. The number of likely N-dealkylation sites (N-methyl/N-ethyl adjacent to an activating group) is 1. The Hall–Kier alpha value is -1.39. The Balaban J connectivity index is 1.98. The number of rotatable bonds is 3. The van der Waals surface area contributed by atoms with E-state index in [2.05, 4.69) is 11.8 Å². The molecular formula is C15H23N3O. The van der Waals surface area contributed by atoms with Gasteiger partial charge in [-0.25, -0.2) is 0 Å². The lowest BCUT2D eigenvalue weighted by Crippen LogP contribution is -2.50. The van der Waals surface area contributed by atoms with Gasteiger partial charge in [0.1, 0.15) is 6.04 Å². The van der Waals surface area contributed by atoms with Crippen LogP contribution in [0.15, 0.2) is 24.3 Å². The van der Waals surface area contributed by atoms with Gasteiger partial charge in [0, 0.05) is 26.2 Å². The van der Waals surface area contributed by atoms with Gasteiger partial charge < -0.3 is 15.5 Å². The van der Waals surface area contributed by atoms with Crippen LogP contribution in [-0.4, -0.2) is 48.4 Å². The van der Waals surface area contributed by atoms with Crippen LogP contribution < -0.4 is 5.73 Å². The Kier molecular flexibility index (Phi) is 4.56. The second kappa shape index (κ2) is 6.17. The van der Waals surface area contributed by atoms with Gasteiger partial charge in [-0.3, -0.25) is 4.79 Å². The van der Waals surface area contributed by atoms with E-state index in [4.69, 9.17) is 5.73 Å². The lowest BCUT2D eigenvalue weighted by molar-refractivity contribution is -0.134. The fourth-order valence-electron chi connectivity index (χ4n) is 2.40. The molecule has 1 unspecified atom stereocenters. The summed E-state index contributed by atoms with van der Waals surface area (Å²) in [5.41, 5.74) is 8.16. The van der Waals surface area contributed by atoms with E-state index in [0.717, 1.165) is 38.3 Å². The standard InChI is InChI=1S/C15H23N3O/c1-3-17-8-10-18(11-9-17)15(19)14(16)13-6-4-12(2)5-7-13/h4-7,14H,3,8-11,16H2,1-2H3. The molecule has 19 heavy (non-hydrogen) atoms. The third-order valence-electron chi connectivity index (χ3n) is 3.83. The van der Waals surface area contributed by atoms with Gasteiger partial charge in [-0.1, -0.05) is 36.8 Å². The van der Waals surface area contributed by atoms with E-state index >= 15 is 0 Å². The molecule has 1 heterocycles. The van der Waals surface area contributed by atoms with Crippen LogP contribution in [-0.2, 0) is 4.79 Å². The van der Waals surface area contributed by atoms with Gasteiger partial charge in [0.2, 0.25) is 5.91 Å². The van der Waals surface area contributed by atoms with E-state index in [-0.39, 0.29) is 5.91 Å². The molecule has 1 fully saturated rings. The van der Waals surface area contributed by atoms with E-state index in [0.29, 0.717) is 0 Å². The van der Waals surface area contributed by atoms with Crippen LogP contribution in [0.1, 0.15) is 24.1 Å². The normalized spacial score (nSPS) is 18.4. The van der Waals surface area contributed by atoms with Crippen LogP contribution in [0, 0.1) is 6.92 Å². The van der Waals surface area contributed by atoms with Crippen LogP contribution in [0.25, 0.3) is 0 Å². The van der Waals surface area contributed by atoms with Crippen molar-refractivity contribution in [1.29, 1.82) is 0 Å². The van der Waals surface area contributed by atoms with Crippen LogP contribution >= 0.6 is 0 Å². The van der Waals surface area contributed by atoms with Crippen molar-refractivity contribution in [2.24, 2.45) is 5.73 Å². The number of benzene rings is 1. The number of hydrogen-bond donors (Lipinski definition) is 1. The van der Waals surface area contributed by atoms with Crippen molar-refractivity contribution < 1.29 is 4.79 Å². The molecule has 0 radical (unpaired) electrons. The summed E-state index contributed by atoms with van der Waals surface area (Å²) in [6, 6.07) is 7.35. The average Bonchev–Trinajstić information content (AvgIpc) is 2.46. The highest BCUT2D eigenvalue weighted by Crippen LogP contribution is 2.15. The van der Waals surface area contributed by atoms with Crippen molar-refractivity contribution >= 4 is 5.91 Å². The predicted molar refractivity (Wildman–Crippen MR) is 76.8 cm³/mol. The summed E-state index contributed by atoms with van der Waals surface area (Å²) in [5, 5.41) is 0. The maximum absolute atomic E-state index is 12.4. The highest BCUT2D eigenvalue weighted by Gasteiger charge is 2.25. The molecule has 1 aromatic carbocycles. The number of amides is 1. The molecule has 1 amide bonds. The smallest absolute Gasteiger partial charge is 0.244 e. The van der Waals surface area contributed by atoms with E-state index in [1.165, 1.54) is 5.56 Å². The van der Waals surface area contributed by atoms with Gasteiger partial charge in [0.25, 0.3) is 0 Å². The maximum Gasteiger partial charge on any atom is 0.244 e. The Morgan fingerprint density at radius 2 is 1.79 bits per heavy atom. The zero-order valence-electron chi connectivity index (χ0n) is 11.8. The van der Waals surface area contributed by atoms with Crippen molar-refractivity contribution in [3.8, 4) is 0 Å². The molecular weight excluding hydrogens is 238 g/mol. The topological polar surface area (TPSA) is 49.6 Å². The zero-order valence-corrected chi connectivity index (χ0v) is 11.8. The number of nitrogens with zero attached hydrogens (tertiary/aromatic N) is 2. The minimum absolute atomic E-state index is 0.0413. The minimum Gasteiger partial charge on any atom is -0.338 e. The first-order valence-electron chi connectivity index (χ1n) is 6.95. The number of aryl methyl sites for hydroxylation is 1. The number of carbonyl (C=O) groups excluding carboxylic acids is 1. The second-order valence-corrected chi connectivity index (χ2v) is 5.15. The second-order valence-electron chi connectivity index (χ2n) is 5.15. The molecule has 0 spiro atoms. The van der Waals surface area contributed by atoms with Crippen molar-refractivity contribution in [3.63, 3.8) is 0 Å². The predicted octanol–water partition coefficient (Wildman–Crippen LogP) is 1.16. The van der Waals surface area contributed by atoms with Crippen molar-refractivity contribution in [3.05, 3.63) is 35.4 Å². The number of piperazine rings is 1. The molecule has 1 aliphatic heterocycles. The van der Waals surface area contributed by atoms with Crippen molar-refractivity contribution in [2.45, 2.75) is 19.9 Å². The van der Waals surface area contributed by atoms with Crippen LogP contribution in [0.4, 0.5) is 0 Å². The highest BCUT2D eigenvalue weighted by atomic mass is 16.2. The van der Waals surface area contributed by atoms with Crippen molar-refractivity contribution in [2.75, 3.05) is 32.7 Å². The molecule has 1 atom stereocenters. The molecule has 104 valence electrons. The van der Waals surface area contributed by atoms with Gasteiger partial charge in [0.15, 0.2) is 0 Å². The fraction of sp³-hybridized carbons (Fsp3) is 0.533. The van der Waals surface area contributed by atoms with Crippen molar-refractivity contribution in [1.82, 2.24) is 9.80 Å². The van der Waals surface area contributed by atoms with Gasteiger partial charge in [-0.2, -0.15) is 0 Å². The Morgan fingerprint density at radius 3 is 2.32 bits per heavy atom. The lowest BCUT2D eigenvalue weighted by atomic mass is 10.0. The molecule has 4 heteroatoms. The van der Waals surface area contributed by atoms with Gasteiger partial charge >= 0.3 is 0 Å². The van der Waals surface area contributed by atoms with Gasteiger partial charge in [-0.15, -0.1) is 0 Å². The van der Waals surface area contributed by atoms with E-state index in [9.17, 15) is 4.79 Å². The third-order valence-corrected chi connectivity index (χ3v) is 3.83. The molecule has 2 N–H and O–H groups in total. The molecule has 1 aliphatic rings. The maximum atomic E-state index is 12.4. The summed E-state index contributed by atoms with van der Waals surface area (Å²) in [6.07, 6.45) is 0. The molecule has 2 rings (SSSR count). The molecule has 0 bridgehead atoms. The van der Waals surface area contributed by atoms with E-state index < -0.39 is 6.04 Å². The van der Waals surface area contributed by atoms with Crippen LogP contribution in [0.2, 0.25) is 0 Å². The molecule has 0 aliphatic carbocycles. The quantitative estimate of drug-likeness (QED) is 0.888. The summed E-state index contributed by atoms with van der Waals surface area (Å²) >= 11 is 0. The summed E-state index contributed by atoms with van der Waals surface area (Å²) in [7, 11) is 0. The summed E-state index contributed by atoms with van der Waals surface area (Å²) in [4.78, 5) is 16.6. The van der Waals surface area contributed by atoms with Crippen LogP contribution in [0.5, 0.6) is 0 Å². The Morgan fingerprint density at radius 1 is 1.21 bits per heavy atom. The third kappa shape index (κ3) is 3.33. The van der Waals surface area contributed by atoms with Gasteiger partial charge in [0.05, 0.1) is 0 Å². The number of carbonyl (C=O) groups is 1. The monoisotopic (exact) mass is 261 g/mol. The van der Waals surface area contributed by atoms with Gasteiger partial charge in [-0.05, 0) is 19.0 Å². The van der Waals surface area contributed by atoms with E-state index in [1.54, 1.807) is 0 Å². The first kappa shape index (κ1) is 14.0. The van der Waals surface area contributed by atoms with Crippen LogP contribution in [0.3, 0.4) is 0 Å². The first-order valence-corrected chi connectivity index (χ1v) is 6.95. The molecule has 0 saturated carbocycles. The highest BCUT2D eigenvalue weighted by molar-refractivity contribution is 5.83. The number of nitrogens with two attached hydrogens (primary N) is 1. The first-order chi connectivity index (χ1) is 9.11.